The Morgan fingerprint density at radius 1 is 1.00 bits per heavy atom. The molecule has 0 aromatic heterocycles. The molecular formula is C16H18F3N3O4S. The largest absolute Gasteiger partial charge is 0.339 e. The van der Waals surface area contributed by atoms with Gasteiger partial charge in [-0.25, -0.2) is 21.6 Å². The lowest BCUT2D eigenvalue weighted by molar-refractivity contribution is -0.139. The van der Waals surface area contributed by atoms with E-state index in [0.717, 1.165) is 4.31 Å². The van der Waals surface area contributed by atoms with Gasteiger partial charge in [-0.15, -0.1) is 0 Å². The number of nitrogens with zero attached hydrogens (tertiary/aromatic N) is 3. The van der Waals surface area contributed by atoms with E-state index < -0.39 is 32.4 Å². The van der Waals surface area contributed by atoms with Crippen LogP contribution in [0.2, 0.25) is 0 Å². The molecule has 11 heteroatoms. The van der Waals surface area contributed by atoms with Crippen LogP contribution in [0.1, 0.15) is 12.8 Å². The Morgan fingerprint density at radius 2 is 1.67 bits per heavy atom. The molecule has 1 aromatic carbocycles. The third-order valence-electron chi connectivity index (χ3n) is 4.71. The van der Waals surface area contributed by atoms with E-state index in [1.165, 1.54) is 9.80 Å². The number of carbonyl (C=O) groups is 2. The lowest BCUT2D eigenvalue weighted by Gasteiger charge is -2.34. The number of rotatable bonds is 4. The fourth-order valence-electron chi connectivity index (χ4n) is 3.16. The standard InChI is InChI=1S/C16H18F3N3O4S/c17-11-3-4-12(16(19)15(11)18)27(25,26)22-8-6-20(7-9-22)14(24)10-21-5-1-2-13(21)23/h3-4H,1-2,5-10H2. The summed E-state index contributed by atoms with van der Waals surface area (Å²) in [5, 5.41) is 0. The summed E-state index contributed by atoms with van der Waals surface area (Å²) in [6.45, 7) is 0.370. The lowest BCUT2D eigenvalue weighted by atomic mass is 10.3. The second-order valence-corrected chi connectivity index (χ2v) is 8.28. The molecule has 2 aliphatic heterocycles. The van der Waals surface area contributed by atoms with Crippen molar-refractivity contribution in [1.82, 2.24) is 14.1 Å². The Bertz CT molecular complexity index is 870. The molecule has 0 saturated carbocycles. The first-order valence-electron chi connectivity index (χ1n) is 8.41. The lowest BCUT2D eigenvalue weighted by Crippen LogP contribution is -2.52. The highest BCUT2D eigenvalue weighted by molar-refractivity contribution is 7.89. The fraction of sp³-hybridized carbons (Fsp3) is 0.500. The number of hydrogen-bond acceptors (Lipinski definition) is 4. The quantitative estimate of drug-likeness (QED) is 0.686. The van der Waals surface area contributed by atoms with Crippen LogP contribution in [0.25, 0.3) is 0 Å². The fourth-order valence-corrected chi connectivity index (χ4v) is 4.64. The highest BCUT2D eigenvalue weighted by Crippen LogP contribution is 2.24. The molecule has 2 heterocycles. The molecule has 2 fully saturated rings. The monoisotopic (exact) mass is 405 g/mol. The van der Waals surface area contributed by atoms with Gasteiger partial charge in [0.25, 0.3) is 0 Å². The summed E-state index contributed by atoms with van der Waals surface area (Å²) in [5.74, 6) is -5.46. The molecule has 2 amide bonds. The Labute approximate surface area is 154 Å². The first-order valence-corrected chi connectivity index (χ1v) is 9.85. The molecule has 0 radical (unpaired) electrons. The van der Waals surface area contributed by atoms with Crippen LogP contribution in [-0.2, 0) is 19.6 Å². The van der Waals surface area contributed by atoms with E-state index in [-0.39, 0.29) is 44.5 Å². The predicted molar refractivity (Wildman–Crippen MR) is 87.5 cm³/mol. The molecular weight excluding hydrogens is 387 g/mol. The molecule has 1 aromatic rings. The van der Waals surface area contributed by atoms with Crippen LogP contribution < -0.4 is 0 Å². The molecule has 0 aliphatic carbocycles. The number of likely N-dealkylation sites (tertiary alicyclic amines) is 1. The Morgan fingerprint density at radius 3 is 2.26 bits per heavy atom. The van der Waals surface area contributed by atoms with Crippen LogP contribution in [0.3, 0.4) is 0 Å². The minimum atomic E-state index is -4.36. The van der Waals surface area contributed by atoms with Gasteiger partial charge in [-0.1, -0.05) is 0 Å². The molecule has 0 N–H and O–H groups in total. The maximum Gasteiger partial charge on any atom is 0.246 e. The summed E-state index contributed by atoms with van der Waals surface area (Å²) in [6, 6.07) is 1.23. The Kier molecular flexibility index (Phi) is 5.43. The summed E-state index contributed by atoms with van der Waals surface area (Å²) in [4.78, 5) is 25.8. The predicted octanol–water partition coefficient (Wildman–Crippen LogP) is 0.559. The van der Waals surface area contributed by atoms with E-state index >= 15 is 0 Å². The van der Waals surface area contributed by atoms with Gasteiger partial charge >= 0.3 is 0 Å². The van der Waals surface area contributed by atoms with Crippen molar-refractivity contribution in [1.29, 1.82) is 0 Å². The van der Waals surface area contributed by atoms with Crippen LogP contribution >= 0.6 is 0 Å². The highest BCUT2D eigenvalue weighted by Gasteiger charge is 2.34. The average molecular weight is 405 g/mol. The minimum Gasteiger partial charge on any atom is -0.339 e. The van der Waals surface area contributed by atoms with Crippen molar-refractivity contribution < 1.29 is 31.2 Å². The summed E-state index contributed by atoms with van der Waals surface area (Å²) in [7, 11) is -4.36. The molecule has 0 spiro atoms. The van der Waals surface area contributed by atoms with Gasteiger partial charge in [-0.05, 0) is 18.6 Å². The van der Waals surface area contributed by atoms with Gasteiger partial charge in [-0.2, -0.15) is 4.31 Å². The molecule has 27 heavy (non-hydrogen) atoms. The number of carbonyl (C=O) groups excluding carboxylic acids is 2. The summed E-state index contributed by atoms with van der Waals surface area (Å²) < 4.78 is 66.2. The van der Waals surface area contributed by atoms with E-state index in [0.29, 0.717) is 31.5 Å². The summed E-state index contributed by atoms with van der Waals surface area (Å²) in [6.07, 6.45) is 1.12. The number of benzene rings is 1. The van der Waals surface area contributed by atoms with Crippen molar-refractivity contribution in [2.45, 2.75) is 17.7 Å². The van der Waals surface area contributed by atoms with E-state index in [2.05, 4.69) is 0 Å². The van der Waals surface area contributed by atoms with E-state index in [9.17, 15) is 31.2 Å². The van der Waals surface area contributed by atoms with Crippen molar-refractivity contribution in [3.05, 3.63) is 29.6 Å². The SMILES string of the molecule is O=C(CN1CCCC1=O)N1CCN(S(=O)(=O)c2ccc(F)c(F)c2F)CC1. The number of halogens is 3. The minimum absolute atomic E-state index is 0.0522. The molecule has 3 rings (SSSR count). The topological polar surface area (TPSA) is 78.0 Å². The van der Waals surface area contributed by atoms with Crippen molar-refractivity contribution in [3.63, 3.8) is 0 Å². The number of sulfonamides is 1. The van der Waals surface area contributed by atoms with Gasteiger partial charge in [0.1, 0.15) is 4.90 Å². The first kappa shape index (κ1) is 19.6. The molecule has 2 aliphatic rings. The number of hydrogen-bond donors (Lipinski definition) is 0. The molecule has 0 unspecified atom stereocenters. The van der Waals surface area contributed by atoms with Gasteiger partial charge in [0.15, 0.2) is 17.5 Å². The second kappa shape index (κ2) is 7.47. The summed E-state index contributed by atoms with van der Waals surface area (Å²) in [5.41, 5.74) is 0. The van der Waals surface area contributed by atoms with Crippen LogP contribution in [0.15, 0.2) is 17.0 Å². The Hall–Kier alpha value is -2.14. The maximum absolute atomic E-state index is 13.9. The number of piperazine rings is 1. The third kappa shape index (κ3) is 3.79. The molecule has 148 valence electrons. The van der Waals surface area contributed by atoms with Crippen molar-refractivity contribution in [2.24, 2.45) is 0 Å². The molecule has 0 atom stereocenters. The zero-order valence-electron chi connectivity index (χ0n) is 14.3. The van der Waals surface area contributed by atoms with Crippen LogP contribution in [-0.4, -0.2) is 73.6 Å². The first-order chi connectivity index (χ1) is 12.7. The summed E-state index contributed by atoms with van der Waals surface area (Å²) >= 11 is 0. The second-order valence-electron chi connectivity index (χ2n) is 6.38. The van der Waals surface area contributed by atoms with E-state index in [4.69, 9.17) is 0 Å². The van der Waals surface area contributed by atoms with E-state index in [1.54, 1.807) is 0 Å². The Balaban J connectivity index is 1.65. The zero-order chi connectivity index (χ0) is 19.8. The molecule has 2 saturated heterocycles. The third-order valence-corrected chi connectivity index (χ3v) is 6.62. The number of amides is 2. The molecule has 7 nitrogen and oxygen atoms in total. The van der Waals surface area contributed by atoms with Crippen molar-refractivity contribution >= 4 is 21.8 Å². The van der Waals surface area contributed by atoms with Crippen molar-refractivity contribution in [2.75, 3.05) is 39.3 Å². The van der Waals surface area contributed by atoms with Gasteiger partial charge in [-0.3, -0.25) is 9.59 Å². The van der Waals surface area contributed by atoms with Gasteiger partial charge in [0.05, 0.1) is 6.54 Å². The average Bonchev–Trinajstić information content (AvgIpc) is 3.04. The van der Waals surface area contributed by atoms with Gasteiger partial charge in [0.2, 0.25) is 21.8 Å². The van der Waals surface area contributed by atoms with E-state index in [1.807, 2.05) is 0 Å². The molecule has 0 bridgehead atoms. The maximum atomic E-state index is 13.9. The smallest absolute Gasteiger partial charge is 0.246 e. The highest BCUT2D eigenvalue weighted by atomic mass is 32.2. The normalized spacial score (nSPS) is 19.0. The van der Waals surface area contributed by atoms with Gasteiger partial charge < -0.3 is 9.80 Å². The zero-order valence-corrected chi connectivity index (χ0v) is 15.1. The van der Waals surface area contributed by atoms with Crippen LogP contribution in [0.5, 0.6) is 0 Å². The van der Waals surface area contributed by atoms with Gasteiger partial charge in [0, 0.05) is 39.1 Å². The van der Waals surface area contributed by atoms with Crippen molar-refractivity contribution in [3.8, 4) is 0 Å². The van der Waals surface area contributed by atoms with Crippen LogP contribution in [0.4, 0.5) is 13.2 Å². The van der Waals surface area contributed by atoms with Crippen LogP contribution in [0, 0.1) is 17.5 Å².